The van der Waals surface area contributed by atoms with Crippen LogP contribution in [0.15, 0.2) is 18.2 Å². The van der Waals surface area contributed by atoms with Crippen molar-refractivity contribution in [2.45, 2.75) is 26.7 Å². The summed E-state index contributed by atoms with van der Waals surface area (Å²) in [7, 11) is 0. The monoisotopic (exact) mass is 280 g/mol. The van der Waals surface area contributed by atoms with E-state index in [1.54, 1.807) is 6.07 Å². The summed E-state index contributed by atoms with van der Waals surface area (Å²) >= 11 is 4.98. The Morgan fingerprint density at radius 1 is 1.37 bits per heavy atom. The second-order valence-electron chi connectivity index (χ2n) is 5.57. The van der Waals surface area contributed by atoms with Crippen molar-refractivity contribution in [3.8, 4) is 0 Å². The van der Waals surface area contributed by atoms with Gasteiger partial charge in [-0.2, -0.15) is 0 Å². The van der Waals surface area contributed by atoms with Gasteiger partial charge < -0.3 is 10.6 Å². The van der Waals surface area contributed by atoms with Crippen LogP contribution in [0, 0.1) is 17.7 Å². The molecule has 0 radical (unpaired) electrons. The molecule has 0 unspecified atom stereocenters. The van der Waals surface area contributed by atoms with Crippen LogP contribution in [0.3, 0.4) is 0 Å². The largest absolute Gasteiger partial charge is 0.389 e. The Hall–Kier alpha value is -1.16. The number of rotatable bonds is 3. The van der Waals surface area contributed by atoms with Gasteiger partial charge in [-0.25, -0.2) is 4.39 Å². The van der Waals surface area contributed by atoms with Crippen LogP contribution in [0.5, 0.6) is 0 Å². The Bertz CT molecular complexity index is 465. The Labute approximate surface area is 119 Å². The average Bonchev–Trinajstić information content (AvgIpc) is 2.38. The van der Waals surface area contributed by atoms with Gasteiger partial charge in [-0.3, -0.25) is 0 Å². The Balaban J connectivity index is 2.20. The van der Waals surface area contributed by atoms with Gasteiger partial charge in [0.1, 0.15) is 10.8 Å². The van der Waals surface area contributed by atoms with E-state index in [-0.39, 0.29) is 10.8 Å². The topological polar surface area (TPSA) is 29.3 Å². The number of nitrogens with two attached hydrogens (primary N) is 1. The molecule has 2 nitrogen and oxygen atoms in total. The molecule has 1 aromatic carbocycles. The van der Waals surface area contributed by atoms with E-state index in [0.717, 1.165) is 37.5 Å². The molecule has 0 aliphatic carbocycles. The van der Waals surface area contributed by atoms with Gasteiger partial charge in [-0.15, -0.1) is 0 Å². The number of hydrogen-bond donors (Lipinski definition) is 1. The molecule has 1 aromatic rings. The number of piperidine rings is 1. The molecule has 0 saturated carbocycles. The number of thiocarbonyl (C=S) groups is 1. The normalized spacial score (nSPS) is 16.9. The summed E-state index contributed by atoms with van der Waals surface area (Å²) in [6, 6.07) is 5.05. The summed E-state index contributed by atoms with van der Waals surface area (Å²) in [6.45, 7) is 6.43. The maximum atomic E-state index is 13.9. The number of benzene rings is 1. The molecule has 4 heteroatoms. The van der Waals surface area contributed by atoms with Crippen LogP contribution in [0.1, 0.15) is 32.3 Å². The van der Waals surface area contributed by atoms with E-state index in [9.17, 15) is 4.39 Å². The summed E-state index contributed by atoms with van der Waals surface area (Å²) < 4.78 is 13.9. The summed E-state index contributed by atoms with van der Waals surface area (Å²) in [5, 5.41) is 0. The molecule has 0 amide bonds. The van der Waals surface area contributed by atoms with Crippen molar-refractivity contribution in [1.29, 1.82) is 0 Å². The van der Waals surface area contributed by atoms with E-state index in [1.165, 1.54) is 6.07 Å². The predicted molar refractivity (Wildman–Crippen MR) is 82.1 cm³/mol. The average molecular weight is 280 g/mol. The molecule has 1 heterocycles. The molecular formula is C15H21FN2S. The smallest absolute Gasteiger partial charge is 0.135 e. The van der Waals surface area contributed by atoms with E-state index in [1.807, 2.05) is 6.07 Å². The van der Waals surface area contributed by atoms with E-state index >= 15 is 0 Å². The molecule has 1 saturated heterocycles. The molecule has 1 fully saturated rings. The minimum Gasteiger partial charge on any atom is -0.389 e. The number of hydrogen-bond acceptors (Lipinski definition) is 2. The van der Waals surface area contributed by atoms with Crippen molar-refractivity contribution in [3.05, 3.63) is 29.6 Å². The minimum atomic E-state index is -0.323. The maximum absolute atomic E-state index is 13.9. The SMILES string of the molecule is CC(C)C1CCN(c2cccc(F)c2C(N)=S)CC1. The molecule has 0 atom stereocenters. The third-order valence-electron chi connectivity index (χ3n) is 4.06. The minimum absolute atomic E-state index is 0.138. The van der Waals surface area contributed by atoms with E-state index < -0.39 is 0 Å². The number of halogens is 1. The van der Waals surface area contributed by atoms with E-state index in [0.29, 0.717) is 11.5 Å². The van der Waals surface area contributed by atoms with E-state index in [2.05, 4.69) is 18.7 Å². The summed E-state index contributed by atoms with van der Waals surface area (Å²) in [4.78, 5) is 2.34. The Morgan fingerprint density at radius 2 is 2.00 bits per heavy atom. The standard InChI is InChI=1S/C15H21FN2S/c1-10(2)11-6-8-18(9-7-11)13-5-3-4-12(16)14(13)15(17)19/h3-5,10-11H,6-9H2,1-2H3,(H2,17,19). The molecule has 0 aromatic heterocycles. The molecule has 19 heavy (non-hydrogen) atoms. The lowest BCUT2D eigenvalue weighted by Gasteiger charge is -2.36. The fraction of sp³-hybridized carbons (Fsp3) is 0.533. The van der Waals surface area contributed by atoms with Gasteiger partial charge in [0.15, 0.2) is 0 Å². The van der Waals surface area contributed by atoms with Crippen molar-refractivity contribution in [1.82, 2.24) is 0 Å². The third-order valence-corrected chi connectivity index (χ3v) is 4.27. The first-order valence-corrected chi connectivity index (χ1v) is 7.24. The molecule has 0 bridgehead atoms. The van der Waals surface area contributed by atoms with Crippen molar-refractivity contribution in [3.63, 3.8) is 0 Å². The van der Waals surface area contributed by atoms with Crippen LogP contribution in [0.4, 0.5) is 10.1 Å². The van der Waals surface area contributed by atoms with E-state index in [4.69, 9.17) is 18.0 Å². The lowest BCUT2D eigenvalue weighted by atomic mass is 9.86. The molecule has 2 N–H and O–H groups in total. The quantitative estimate of drug-likeness (QED) is 0.861. The highest BCUT2D eigenvalue weighted by molar-refractivity contribution is 7.80. The van der Waals surface area contributed by atoms with Crippen molar-refractivity contribution in [2.24, 2.45) is 17.6 Å². The zero-order valence-corrected chi connectivity index (χ0v) is 12.3. The Kier molecular flexibility index (Phi) is 4.40. The third kappa shape index (κ3) is 3.06. The highest BCUT2D eigenvalue weighted by Gasteiger charge is 2.24. The van der Waals surface area contributed by atoms with Gasteiger partial charge in [0.25, 0.3) is 0 Å². The molecule has 0 spiro atoms. The second kappa shape index (κ2) is 5.87. The van der Waals surface area contributed by atoms with Crippen molar-refractivity contribution < 1.29 is 4.39 Å². The molecule has 1 aliphatic rings. The van der Waals surface area contributed by atoms with Crippen LogP contribution in [-0.2, 0) is 0 Å². The first-order chi connectivity index (χ1) is 9.00. The fourth-order valence-corrected chi connectivity index (χ4v) is 3.03. The first-order valence-electron chi connectivity index (χ1n) is 6.84. The van der Waals surface area contributed by atoms with Gasteiger partial charge in [0.05, 0.1) is 5.56 Å². The summed E-state index contributed by atoms with van der Waals surface area (Å²) in [5.74, 6) is 1.15. The number of anilines is 1. The molecule has 104 valence electrons. The molecular weight excluding hydrogens is 259 g/mol. The van der Waals surface area contributed by atoms with Gasteiger partial charge in [-0.05, 0) is 36.8 Å². The van der Waals surface area contributed by atoms with Gasteiger partial charge in [-0.1, -0.05) is 32.1 Å². The van der Waals surface area contributed by atoms with Crippen LogP contribution >= 0.6 is 12.2 Å². The fourth-order valence-electron chi connectivity index (χ4n) is 2.83. The van der Waals surface area contributed by atoms with Gasteiger partial charge in [0, 0.05) is 18.8 Å². The zero-order chi connectivity index (χ0) is 14.0. The predicted octanol–water partition coefficient (Wildman–Crippen LogP) is 3.33. The van der Waals surface area contributed by atoms with Crippen LogP contribution in [0.2, 0.25) is 0 Å². The number of nitrogens with zero attached hydrogens (tertiary/aromatic N) is 1. The lowest BCUT2D eigenvalue weighted by Crippen LogP contribution is -2.36. The van der Waals surface area contributed by atoms with Gasteiger partial charge >= 0.3 is 0 Å². The Morgan fingerprint density at radius 3 is 2.53 bits per heavy atom. The van der Waals surface area contributed by atoms with Crippen molar-refractivity contribution in [2.75, 3.05) is 18.0 Å². The van der Waals surface area contributed by atoms with Crippen LogP contribution in [0.25, 0.3) is 0 Å². The molecule has 1 aliphatic heterocycles. The first kappa shape index (κ1) is 14.3. The second-order valence-corrected chi connectivity index (χ2v) is 6.01. The maximum Gasteiger partial charge on any atom is 0.135 e. The van der Waals surface area contributed by atoms with Crippen molar-refractivity contribution >= 4 is 22.9 Å². The highest BCUT2D eigenvalue weighted by Crippen LogP contribution is 2.30. The van der Waals surface area contributed by atoms with Crippen LogP contribution < -0.4 is 10.6 Å². The van der Waals surface area contributed by atoms with Crippen LogP contribution in [-0.4, -0.2) is 18.1 Å². The summed E-state index contributed by atoms with van der Waals surface area (Å²) in [6.07, 6.45) is 2.29. The van der Waals surface area contributed by atoms with Gasteiger partial charge in [0.2, 0.25) is 0 Å². The summed E-state index contributed by atoms with van der Waals surface area (Å²) in [5.41, 5.74) is 6.89. The zero-order valence-electron chi connectivity index (χ0n) is 11.5. The molecule has 2 rings (SSSR count). The highest BCUT2D eigenvalue weighted by atomic mass is 32.1. The lowest BCUT2D eigenvalue weighted by molar-refractivity contribution is 0.311.